The highest BCUT2D eigenvalue weighted by atomic mass is 16.5. The lowest BCUT2D eigenvalue weighted by Crippen LogP contribution is -2.41. The van der Waals surface area contributed by atoms with E-state index in [0.29, 0.717) is 30.7 Å². The van der Waals surface area contributed by atoms with Gasteiger partial charge in [-0.1, -0.05) is 23.8 Å². The summed E-state index contributed by atoms with van der Waals surface area (Å²) in [5, 5.41) is 2.93. The highest BCUT2D eigenvalue weighted by Gasteiger charge is 2.18. The van der Waals surface area contributed by atoms with Gasteiger partial charge < -0.3 is 14.5 Å². The Morgan fingerprint density at radius 3 is 2.73 bits per heavy atom. The van der Waals surface area contributed by atoms with Crippen molar-refractivity contribution in [2.75, 3.05) is 39.4 Å². The maximum Gasteiger partial charge on any atom is 0.273 e. The number of hydrogen-bond donors (Lipinski definition) is 1. The van der Waals surface area contributed by atoms with Crippen LogP contribution in [-0.4, -0.2) is 66.1 Å². The minimum absolute atomic E-state index is 0.191. The van der Waals surface area contributed by atoms with E-state index in [4.69, 9.17) is 9.15 Å². The summed E-state index contributed by atoms with van der Waals surface area (Å²) in [4.78, 5) is 21.4. The summed E-state index contributed by atoms with van der Waals surface area (Å²) in [6, 6.07) is 6.85. The van der Waals surface area contributed by atoms with Gasteiger partial charge in [-0.3, -0.25) is 14.6 Å². The molecule has 1 saturated heterocycles. The van der Waals surface area contributed by atoms with Gasteiger partial charge in [0.1, 0.15) is 6.26 Å². The van der Waals surface area contributed by atoms with Crippen molar-refractivity contribution in [1.82, 2.24) is 20.1 Å². The van der Waals surface area contributed by atoms with E-state index in [0.717, 1.165) is 39.4 Å². The van der Waals surface area contributed by atoms with Gasteiger partial charge in [-0.05, 0) is 38.8 Å². The molecule has 3 rings (SSSR count). The maximum absolute atomic E-state index is 12.4. The molecule has 7 heteroatoms. The van der Waals surface area contributed by atoms with E-state index in [1.54, 1.807) is 0 Å². The number of nitrogens with zero attached hydrogens (tertiary/aromatic N) is 3. The van der Waals surface area contributed by atoms with E-state index in [1.807, 2.05) is 0 Å². The van der Waals surface area contributed by atoms with Gasteiger partial charge >= 0.3 is 0 Å². The molecule has 1 aromatic heterocycles. The SMILES string of the molecule is Cc1ccc(C)c(CN(Cc2nc(C(=O)NCCN3CCOCC3)co2)C(C)C)c1. The third-order valence-corrected chi connectivity index (χ3v) is 5.55. The Balaban J connectivity index is 1.54. The van der Waals surface area contributed by atoms with Crippen LogP contribution in [-0.2, 0) is 17.8 Å². The molecule has 0 aliphatic carbocycles. The fourth-order valence-electron chi connectivity index (χ4n) is 3.51. The number of nitrogens with one attached hydrogen (secondary N) is 1. The normalized spacial score (nSPS) is 15.1. The summed E-state index contributed by atoms with van der Waals surface area (Å²) < 4.78 is 11.0. The fourth-order valence-corrected chi connectivity index (χ4v) is 3.51. The fraction of sp³-hybridized carbons (Fsp3) is 0.565. The van der Waals surface area contributed by atoms with Gasteiger partial charge in [0.15, 0.2) is 5.69 Å². The number of rotatable bonds is 9. The predicted octanol–water partition coefficient (Wildman–Crippen LogP) is 2.76. The lowest BCUT2D eigenvalue weighted by molar-refractivity contribution is 0.0383. The monoisotopic (exact) mass is 414 g/mol. The van der Waals surface area contributed by atoms with Crippen molar-refractivity contribution in [3.8, 4) is 0 Å². The summed E-state index contributed by atoms with van der Waals surface area (Å²) in [5.41, 5.74) is 4.17. The highest BCUT2D eigenvalue weighted by Crippen LogP contribution is 2.17. The van der Waals surface area contributed by atoms with E-state index in [9.17, 15) is 4.79 Å². The number of aryl methyl sites for hydroxylation is 2. The minimum atomic E-state index is -0.191. The number of ether oxygens (including phenoxy) is 1. The first kappa shape index (κ1) is 22.5. The van der Waals surface area contributed by atoms with Crippen molar-refractivity contribution in [2.24, 2.45) is 0 Å². The Bertz CT molecular complexity index is 828. The zero-order valence-corrected chi connectivity index (χ0v) is 18.6. The summed E-state index contributed by atoms with van der Waals surface area (Å²) in [6.07, 6.45) is 1.45. The first-order chi connectivity index (χ1) is 14.4. The van der Waals surface area contributed by atoms with Gasteiger partial charge in [0.2, 0.25) is 5.89 Å². The van der Waals surface area contributed by atoms with Gasteiger partial charge in [-0.15, -0.1) is 0 Å². The number of amides is 1. The molecule has 1 N–H and O–H groups in total. The molecule has 7 nitrogen and oxygen atoms in total. The molecule has 0 atom stereocenters. The summed E-state index contributed by atoms with van der Waals surface area (Å²) in [5.74, 6) is 0.372. The number of carbonyl (C=O) groups is 1. The number of oxazole rings is 1. The average molecular weight is 415 g/mol. The second kappa shape index (κ2) is 10.7. The van der Waals surface area contributed by atoms with Gasteiger partial charge in [0, 0.05) is 38.8 Å². The van der Waals surface area contributed by atoms with E-state index < -0.39 is 0 Å². The van der Waals surface area contributed by atoms with Crippen LogP contribution in [0.4, 0.5) is 0 Å². The molecule has 164 valence electrons. The van der Waals surface area contributed by atoms with Crippen LogP contribution >= 0.6 is 0 Å². The third kappa shape index (κ3) is 6.39. The molecule has 1 fully saturated rings. The van der Waals surface area contributed by atoms with E-state index in [2.05, 4.69) is 66.0 Å². The van der Waals surface area contributed by atoms with Crippen molar-refractivity contribution in [3.05, 3.63) is 52.7 Å². The van der Waals surface area contributed by atoms with Crippen molar-refractivity contribution in [1.29, 1.82) is 0 Å². The van der Waals surface area contributed by atoms with Crippen LogP contribution in [0.15, 0.2) is 28.9 Å². The quantitative estimate of drug-likeness (QED) is 0.680. The Labute approximate surface area is 179 Å². The maximum atomic E-state index is 12.4. The third-order valence-electron chi connectivity index (χ3n) is 5.55. The predicted molar refractivity (Wildman–Crippen MR) is 116 cm³/mol. The minimum Gasteiger partial charge on any atom is -0.447 e. The molecular weight excluding hydrogens is 380 g/mol. The van der Waals surface area contributed by atoms with Crippen molar-refractivity contribution < 1.29 is 13.9 Å². The van der Waals surface area contributed by atoms with E-state index in [-0.39, 0.29) is 5.91 Å². The van der Waals surface area contributed by atoms with Crippen LogP contribution in [0.25, 0.3) is 0 Å². The van der Waals surface area contributed by atoms with Crippen molar-refractivity contribution >= 4 is 5.91 Å². The van der Waals surface area contributed by atoms with Crippen LogP contribution in [0.1, 0.15) is 46.9 Å². The summed E-state index contributed by atoms with van der Waals surface area (Å²) >= 11 is 0. The lowest BCUT2D eigenvalue weighted by atomic mass is 10.0. The molecule has 1 aliphatic rings. The van der Waals surface area contributed by atoms with Crippen molar-refractivity contribution in [3.63, 3.8) is 0 Å². The molecule has 1 aromatic carbocycles. The van der Waals surface area contributed by atoms with E-state index in [1.165, 1.54) is 23.0 Å². The molecule has 30 heavy (non-hydrogen) atoms. The second-order valence-electron chi connectivity index (χ2n) is 8.27. The summed E-state index contributed by atoms with van der Waals surface area (Å²) in [7, 11) is 0. The van der Waals surface area contributed by atoms with E-state index >= 15 is 0 Å². The molecule has 0 bridgehead atoms. The number of hydrogen-bond acceptors (Lipinski definition) is 6. The van der Waals surface area contributed by atoms with Gasteiger partial charge in [-0.25, -0.2) is 4.98 Å². The second-order valence-corrected chi connectivity index (χ2v) is 8.27. The highest BCUT2D eigenvalue weighted by molar-refractivity contribution is 5.91. The van der Waals surface area contributed by atoms with Crippen LogP contribution in [0, 0.1) is 13.8 Å². The largest absolute Gasteiger partial charge is 0.447 e. The zero-order valence-electron chi connectivity index (χ0n) is 18.6. The number of carbonyl (C=O) groups excluding carboxylic acids is 1. The molecule has 2 aromatic rings. The number of morpholine rings is 1. The van der Waals surface area contributed by atoms with Crippen molar-refractivity contribution in [2.45, 2.75) is 46.8 Å². The molecule has 2 heterocycles. The Hall–Kier alpha value is -2.22. The van der Waals surface area contributed by atoms with Gasteiger partial charge in [-0.2, -0.15) is 0 Å². The first-order valence-electron chi connectivity index (χ1n) is 10.7. The molecule has 1 aliphatic heterocycles. The Morgan fingerprint density at radius 1 is 1.23 bits per heavy atom. The Morgan fingerprint density at radius 2 is 2.00 bits per heavy atom. The molecule has 1 amide bonds. The first-order valence-corrected chi connectivity index (χ1v) is 10.7. The van der Waals surface area contributed by atoms with Crippen LogP contribution in [0.2, 0.25) is 0 Å². The zero-order chi connectivity index (χ0) is 21.5. The Kier molecular flexibility index (Phi) is 8.01. The lowest BCUT2D eigenvalue weighted by Gasteiger charge is -2.26. The molecule has 0 saturated carbocycles. The topological polar surface area (TPSA) is 70.8 Å². The molecule has 0 spiro atoms. The number of benzene rings is 1. The molecular formula is C23H34N4O3. The van der Waals surface area contributed by atoms with Gasteiger partial charge in [0.25, 0.3) is 5.91 Å². The number of aromatic nitrogens is 1. The van der Waals surface area contributed by atoms with Crippen LogP contribution in [0.5, 0.6) is 0 Å². The van der Waals surface area contributed by atoms with Gasteiger partial charge in [0.05, 0.1) is 19.8 Å². The van der Waals surface area contributed by atoms with Crippen LogP contribution < -0.4 is 5.32 Å². The average Bonchev–Trinajstić information content (AvgIpc) is 3.19. The smallest absolute Gasteiger partial charge is 0.273 e. The van der Waals surface area contributed by atoms with Crippen LogP contribution in [0.3, 0.4) is 0 Å². The molecule has 0 radical (unpaired) electrons. The molecule has 0 unspecified atom stereocenters. The summed E-state index contributed by atoms with van der Waals surface area (Å²) in [6.45, 7) is 14.7. The standard InChI is InChI=1S/C23H34N4O3/c1-17(2)27(14-20-13-18(3)5-6-19(20)4)15-22-25-21(16-30-22)23(28)24-7-8-26-9-11-29-12-10-26/h5-6,13,16-17H,7-12,14-15H2,1-4H3,(H,24,28).